The van der Waals surface area contributed by atoms with E-state index in [1.54, 1.807) is 12.1 Å². The molecular formula is C20H21FN4O2. The van der Waals surface area contributed by atoms with Gasteiger partial charge in [-0.05, 0) is 38.8 Å². The third-order valence-corrected chi connectivity index (χ3v) is 4.98. The first kappa shape index (κ1) is 17.7. The molecule has 1 aliphatic heterocycles. The van der Waals surface area contributed by atoms with Crippen molar-refractivity contribution in [1.29, 1.82) is 0 Å². The number of methoxy groups -OCH3 is 1. The van der Waals surface area contributed by atoms with Gasteiger partial charge in [-0.25, -0.2) is 24.3 Å². The Labute approximate surface area is 156 Å². The summed E-state index contributed by atoms with van der Waals surface area (Å²) >= 11 is 0. The van der Waals surface area contributed by atoms with E-state index in [-0.39, 0.29) is 5.92 Å². The Hall–Kier alpha value is -2.67. The van der Waals surface area contributed by atoms with E-state index < -0.39 is 5.82 Å². The fraction of sp³-hybridized carbons (Fsp3) is 0.400. The van der Waals surface area contributed by atoms with Crippen LogP contribution in [0.3, 0.4) is 0 Å². The monoisotopic (exact) mass is 368 g/mol. The van der Waals surface area contributed by atoms with Crippen molar-refractivity contribution in [1.82, 2.24) is 19.9 Å². The molecule has 1 fully saturated rings. The molecule has 2 aromatic heterocycles. The van der Waals surface area contributed by atoms with Crippen LogP contribution >= 0.6 is 0 Å². The Kier molecular flexibility index (Phi) is 4.70. The molecule has 0 N–H and O–H groups in total. The highest BCUT2D eigenvalue weighted by molar-refractivity contribution is 5.87. The highest BCUT2D eigenvalue weighted by Gasteiger charge is 2.23. The zero-order chi connectivity index (χ0) is 19.0. The van der Waals surface area contributed by atoms with Crippen LogP contribution in [0.25, 0.3) is 22.4 Å². The second-order valence-electron chi connectivity index (χ2n) is 6.73. The average Bonchev–Trinajstić information content (AvgIpc) is 2.69. The Morgan fingerprint density at radius 3 is 2.48 bits per heavy atom. The number of fused-ring (bicyclic) bond motifs is 1. The Morgan fingerprint density at radius 2 is 1.78 bits per heavy atom. The molecule has 27 heavy (non-hydrogen) atoms. The molecule has 0 spiro atoms. The minimum atomic E-state index is -0.410. The van der Waals surface area contributed by atoms with E-state index in [0.29, 0.717) is 47.2 Å². The van der Waals surface area contributed by atoms with Crippen LogP contribution in [0.4, 0.5) is 4.39 Å². The summed E-state index contributed by atoms with van der Waals surface area (Å²) in [4.78, 5) is 18.6. The minimum Gasteiger partial charge on any atom is -0.497 e. The molecule has 3 heterocycles. The lowest BCUT2D eigenvalue weighted by Gasteiger charge is -2.21. The highest BCUT2D eigenvalue weighted by Crippen LogP contribution is 2.32. The van der Waals surface area contributed by atoms with Gasteiger partial charge < -0.3 is 9.47 Å². The van der Waals surface area contributed by atoms with Crippen LogP contribution in [0.15, 0.2) is 18.2 Å². The lowest BCUT2D eigenvalue weighted by molar-refractivity contribution is 0.0836. The molecule has 140 valence electrons. The molecule has 0 unspecified atom stereocenters. The van der Waals surface area contributed by atoms with Crippen LogP contribution in [-0.2, 0) is 4.74 Å². The summed E-state index contributed by atoms with van der Waals surface area (Å²) in [5, 5.41) is 0. The molecule has 0 saturated carbocycles. The van der Waals surface area contributed by atoms with Crippen LogP contribution in [0.2, 0.25) is 0 Å². The predicted octanol–water partition coefficient (Wildman–Crippen LogP) is 3.75. The lowest BCUT2D eigenvalue weighted by Crippen LogP contribution is -2.17. The van der Waals surface area contributed by atoms with Crippen molar-refractivity contribution >= 4 is 11.2 Å². The number of nitrogens with zero attached hydrogens (tertiary/aromatic N) is 4. The van der Waals surface area contributed by atoms with Crippen LogP contribution in [0, 0.1) is 19.7 Å². The molecule has 1 aliphatic rings. The van der Waals surface area contributed by atoms with Gasteiger partial charge in [0.25, 0.3) is 0 Å². The standard InChI is InChI=1S/C20H21FN4O2/c1-11-12(2)23-20-18(22-11)17(15-5-4-14(26-3)10-16(15)21)24-19(25-20)13-6-8-27-9-7-13/h4-5,10,13H,6-9H2,1-3H3. The molecule has 3 aromatic rings. The molecule has 0 atom stereocenters. The number of hydrogen-bond donors (Lipinski definition) is 0. The molecular weight excluding hydrogens is 347 g/mol. The van der Waals surface area contributed by atoms with Crippen LogP contribution in [0.1, 0.15) is 36.0 Å². The summed E-state index contributed by atoms with van der Waals surface area (Å²) in [6.45, 7) is 5.13. The second kappa shape index (κ2) is 7.15. The molecule has 0 amide bonds. The van der Waals surface area contributed by atoms with Crippen molar-refractivity contribution in [3.05, 3.63) is 41.2 Å². The predicted molar refractivity (Wildman–Crippen MR) is 99.3 cm³/mol. The van der Waals surface area contributed by atoms with Crippen molar-refractivity contribution in [2.24, 2.45) is 0 Å². The Bertz CT molecular complexity index is 1000. The molecule has 0 radical (unpaired) electrons. The van der Waals surface area contributed by atoms with E-state index >= 15 is 0 Å². The van der Waals surface area contributed by atoms with Gasteiger partial charge in [-0.3, -0.25) is 0 Å². The van der Waals surface area contributed by atoms with Gasteiger partial charge in [0.1, 0.15) is 28.6 Å². The third kappa shape index (κ3) is 3.35. The maximum Gasteiger partial charge on any atom is 0.182 e. The minimum absolute atomic E-state index is 0.173. The number of hydrogen-bond acceptors (Lipinski definition) is 6. The summed E-state index contributed by atoms with van der Waals surface area (Å²) in [5.41, 5.74) is 3.43. The van der Waals surface area contributed by atoms with Crippen molar-refractivity contribution in [2.75, 3.05) is 20.3 Å². The number of ether oxygens (including phenoxy) is 2. The first-order valence-corrected chi connectivity index (χ1v) is 9.01. The van der Waals surface area contributed by atoms with E-state index in [1.807, 2.05) is 13.8 Å². The van der Waals surface area contributed by atoms with Crippen LogP contribution in [-0.4, -0.2) is 40.3 Å². The van der Waals surface area contributed by atoms with Gasteiger partial charge in [-0.15, -0.1) is 0 Å². The van der Waals surface area contributed by atoms with Gasteiger partial charge in [-0.2, -0.15) is 0 Å². The van der Waals surface area contributed by atoms with Crippen molar-refractivity contribution in [3.63, 3.8) is 0 Å². The van der Waals surface area contributed by atoms with Gasteiger partial charge in [0, 0.05) is 30.8 Å². The number of halogens is 1. The Balaban J connectivity index is 1.94. The van der Waals surface area contributed by atoms with Crippen LogP contribution in [0.5, 0.6) is 5.75 Å². The molecule has 0 aliphatic carbocycles. The SMILES string of the molecule is COc1ccc(-c2nc(C3CCOCC3)nc3nc(C)c(C)nc23)c(F)c1. The lowest BCUT2D eigenvalue weighted by atomic mass is 9.99. The van der Waals surface area contributed by atoms with E-state index in [9.17, 15) is 4.39 Å². The number of benzene rings is 1. The largest absolute Gasteiger partial charge is 0.497 e. The molecule has 1 saturated heterocycles. The van der Waals surface area contributed by atoms with Crippen molar-refractivity contribution in [2.45, 2.75) is 32.6 Å². The molecule has 1 aromatic carbocycles. The summed E-state index contributed by atoms with van der Waals surface area (Å²) in [6, 6.07) is 4.74. The third-order valence-electron chi connectivity index (χ3n) is 4.98. The topological polar surface area (TPSA) is 70.0 Å². The summed E-state index contributed by atoms with van der Waals surface area (Å²) in [7, 11) is 1.51. The number of rotatable bonds is 3. The number of aromatic nitrogens is 4. The maximum absolute atomic E-state index is 14.8. The maximum atomic E-state index is 14.8. The summed E-state index contributed by atoms with van der Waals surface area (Å²) in [6.07, 6.45) is 1.68. The first-order chi connectivity index (χ1) is 13.1. The van der Waals surface area contributed by atoms with Gasteiger partial charge in [-0.1, -0.05) is 0 Å². The van der Waals surface area contributed by atoms with Gasteiger partial charge in [0.15, 0.2) is 5.65 Å². The smallest absolute Gasteiger partial charge is 0.182 e. The van der Waals surface area contributed by atoms with Crippen molar-refractivity contribution < 1.29 is 13.9 Å². The van der Waals surface area contributed by atoms with E-state index in [1.165, 1.54) is 13.2 Å². The average molecular weight is 368 g/mol. The molecule has 6 nitrogen and oxygen atoms in total. The zero-order valence-electron chi connectivity index (χ0n) is 15.6. The van der Waals surface area contributed by atoms with E-state index in [2.05, 4.69) is 15.0 Å². The number of aryl methyl sites for hydroxylation is 2. The Morgan fingerprint density at radius 1 is 1.04 bits per heavy atom. The zero-order valence-corrected chi connectivity index (χ0v) is 15.6. The highest BCUT2D eigenvalue weighted by atomic mass is 19.1. The fourth-order valence-corrected chi connectivity index (χ4v) is 3.27. The molecule has 7 heteroatoms. The second-order valence-corrected chi connectivity index (χ2v) is 6.73. The van der Waals surface area contributed by atoms with Crippen molar-refractivity contribution in [3.8, 4) is 17.0 Å². The van der Waals surface area contributed by atoms with Gasteiger partial charge >= 0.3 is 0 Å². The fourth-order valence-electron chi connectivity index (χ4n) is 3.27. The van der Waals surface area contributed by atoms with E-state index in [0.717, 1.165) is 24.2 Å². The van der Waals surface area contributed by atoms with Gasteiger partial charge in [0.05, 0.1) is 18.5 Å². The van der Waals surface area contributed by atoms with Crippen LogP contribution < -0.4 is 4.74 Å². The first-order valence-electron chi connectivity index (χ1n) is 9.01. The van der Waals surface area contributed by atoms with E-state index in [4.69, 9.17) is 14.5 Å². The molecule has 4 rings (SSSR count). The summed E-state index contributed by atoms with van der Waals surface area (Å²) in [5.74, 6) is 0.893. The normalized spacial score (nSPS) is 15.3. The quantitative estimate of drug-likeness (QED) is 0.701. The summed E-state index contributed by atoms with van der Waals surface area (Å²) < 4.78 is 25.4. The van der Waals surface area contributed by atoms with Gasteiger partial charge in [0.2, 0.25) is 0 Å². The molecule has 0 bridgehead atoms.